The molecule has 1 rings (SSSR count). The Balaban J connectivity index is 3.45. The summed E-state index contributed by atoms with van der Waals surface area (Å²) < 4.78 is 7.23. The van der Waals surface area contributed by atoms with Crippen LogP contribution >= 0.6 is 0 Å². The zero-order valence-electron chi connectivity index (χ0n) is 10.9. The molecule has 1 aromatic rings. The van der Waals surface area contributed by atoms with Gasteiger partial charge in [0.15, 0.2) is 0 Å². The van der Waals surface area contributed by atoms with Gasteiger partial charge in [0.05, 0.1) is 6.61 Å². The summed E-state index contributed by atoms with van der Waals surface area (Å²) in [6, 6.07) is 0. The lowest BCUT2D eigenvalue weighted by Gasteiger charge is -2.10. The normalized spacial score (nSPS) is 10.4. The minimum Gasteiger partial charge on any atom is -0.462 e. The lowest BCUT2D eigenvalue weighted by atomic mass is 10.3. The van der Waals surface area contributed by atoms with Crippen molar-refractivity contribution in [3.8, 4) is 0 Å². The van der Waals surface area contributed by atoms with Gasteiger partial charge in [-0.15, -0.1) is 0 Å². The van der Waals surface area contributed by atoms with Gasteiger partial charge in [-0.05, 0) is 20.3 Å². The zero-order chi connectivity index (χ0) is 13.7. The number of aromatic nitrogens is 2. The fraction of sp³-hybridized carbons (Fsp3) is 0.583. The first kappa shape index (κ1) is 14.2. The molecular weight excluding hydrogens is 236 g/mol. The van der Waals surface area contributed by atoms with E-state index in [-0.39, 0.29) is 12.2 Å². The predicted molar refractivity (Wildman–Crippen MR) is 66.9 cm³/mol. The number of nitrogens with zero attached hydrogens (tertiary/aromatic N) is 2. The number of carbonyl (C=O) groups is 1. The van der Waals surface area contributed by atoms with E-state index in [4.69, 9.17) is 4.74 Å². The third-order valence-electron chi connectivity index (χ3n) is 2.52. The summed E-state index contributed by atoms with van der Waals surface area (Å²) in [5.41, 5.74) is -1.06. The molecule has 6 heteroatoms. The van der Waals surface area contributed by atoms with E-state index in [1.165, 1.54) is 10.8 Å². The van der Waals surface area contributed by atoms with Gasteiger partial charge in [0.2, 0.25) is 0 Å². The van der Waals surface area contributed by atoms with Crippen molar-refractivity contribution < 1.29 is 9.53 Å². The van der Waals surface area contributed by atoms with Crippen LogP contribution in [-0.4, -0.2) is 21.7 Å². The summed E-state index contributed by atoms with van der Waals surface area (Å²) in [7, 11) is 0. The molecular formula is C12H18N2O4. The van der Waals surface area contributed by atoms with E-state index in [0.29, 0.717) is 19.5 Å². The number of ether oxygens (including phenoxy) is 1. The van der Waals surface area contributed by atoms with Gasteiger partial charge in [0.25, 0.3) is 5.56 Å². The Bertz CT molecular complexity index is 542. The van der Waals surface area contributed by atoms with Gasteiger partial charge >= 0.3 is 11.7 Å². The Morgan fingerprint density at radius 3 is 2.44 bits per heavy atom. The molecule has 0 aromatic carbocycles. The molecule has 0 saturated heterocycles. The molecule has 0 amide bonds. The van der Waals surface area contributed by atoms with Gasteiger partial charge in [-0.1, -0.05) is 6.92 Å². The van der Waals surface area contributed by atoms with Crippen molar-refractivity contribution in [2.75, 3.05) is 6.61 Å². The standard InChI is InChI=1S/C12H18N2O4/c1-4-7-14-10(15)9(11(16)18-6-3)8-13(5-2)12(14)17/h8H,4-7H2,1-3H3. The quantitative estimate of drug-likeness (QED) is 0.722. The minimum absolute atomic E-state index is 0.0910. The van der Waals surface area contributed by atoms with Crippen molar-refractivity contribution in [1.29, 1.82) is 0 Å². The number of rotatable bonds is 5. The first-order valence-electron chi connectivity index (χ1n) is 6.08. The maximum atomic E-state index is 12.0. The highest BCUT2D eigenvalue weighted by molar-refractivity contribution is 5.88. The van der Waals surface area contributed by atoms with Crippen LogP contribution < -0.4 is 11.2 Å². The number of esters is 1. The van der Waals surface area contributed by atoms with E-state index in [1.807, 2.05) is 6.92 Å². The van der Waals surface area contributed by atoms with Gasteiger partial charge in [0.1, 0.15) is 5.56 Å². The maximum Gasteiger partial charge on any atom is 0.345 e. The molecule has 0 aliphatic rings. The Labute approximate surface area is 105 Å². The number of hydrogen-bond donors (Lipinski definition) is 0. The van der Waals surface area contributed by atoms with Gasteiger partial charge < -0.3 is 4.74 Å². The molecule has 6 nitrogen and oxygen atoms in total. The number of aryl methyl sites for hydroxylation is 1. The largest absolute Gasteiger partial charge is 0.462 e. The summed E-state index contributed by atoms with van der Waals surface area (Å²) >= 11 is 0. The number of hydrogen-bond acceptors (Lipinski definition) is 4. The maximum absolute atomic E-state index is 12.0. The Morgan fingerprint density at radius 2 is 1.94 bits per heavy atom. The molecule has 1 aromatic heterocycles. The Morgan fingerprint density at radius 1 is 1.28 bits per heavy atom. The summed E-state index contributed by atoms with van der Waals surface area (Å²) in [5, 5.41) is 0. The van der Waals surface area contributed by atoms with Crippen molar-refractivity contribution in [3.05, 3.63) is 32.6 Å². The van der Waals surface area contributed by atoms with Crippen LogP contribution in [0.5, 0.6) is 0 Å². The molecule has 18 heavy (non-hydrogen) atoms. The average Bonchev–Trinajstić information content (AvgIpc) is 2.35. The molecule has 100 valence electrons. The van der Waals surface area contributed by atoms with Crippen molar-refractivity contribution in [3.63, 3.8) is 0 Å². The van der Waals surface area contributed by atoms with E-state index in [9.17, 15) is 14.4 Å². The molecule has 0 atom stereocenters. The summed E-state index contributed by atoms with van der Waals surface area (Å²) in [6.45, 7) is 6.19. The lowest BCUT2D eigenvalue weighted by Crippen LogP contribution is -2.42. The second-order valence-corrected chi connectivity index (χ2v) is 3.79. The van der Waals surface area contributed by atoms with Gasteiger partial charge in [-0.25, -0.2) is 9.59 Å². The highest BCUT2D eigenvalue weighted by atomic mass is 16.5. The van der Waals surface area contributed by atoms with E-state index in [0.717, 1.165) is 4.57 Å². The first-order chi connectivity index (χ1) is 8.56. The van der Waals surface area contributed by atoms with E-state index in [2.05, 4.69) is 0 Å². The van der Waals surface area contributed by atoms with E-state index >= 15 is 0 Å². The van der Waals surface area contributed by atoms with Crippen molar-refractivity contribution in [2.24, 2.45) is 0 Å². The highest BCUT2D eigenvalue weighted by Crippen LogP contribution is 1.95. The predicted octanol–water partition coefficient (Wildman–Crippen LogP) is 0.617. The zero-order valence-corrected chi connectivity index (χ0v) is 10.9. The summed E-state index contributed by atoms with van der Waals surface area (Å²) in [4.78, 5) is 35.6. The molecule has 0 bridgehead atoms. The lowest BCUT2D eigenvalue weighted by molar-refractivity contribution is 0.0522. The minimum atomic E-state index is -0.686. The molecule has 0 spiro atoms. The molecule has 0 aliphatic carbocycles. The van der Waals surface area contributed by atoms with Crippen LogP contribution in [0.4, 0.5) is 0 Å². The van der Waals surface area contributed by atoms with Crippen molar-refractivity contribution >= 4 is 5.97 Å². The smallest absolute Gasteiger partial charge is 0.345 e. The van der Waals surface area contributed by atoms with Crippen LogP contribution in [0.15, 0.2) is 15.8 Å². The van der Waals surface area contributed by atoms with Crippen LogP contribution in [0.3, 0.4) is 0 Å². The Kier molecular flexibility index (Phi) is 4.88. The molecule has 0 N–H and O–H groups in total. The van der Waals surface area contributed by atoms with Gasteiger partial charge in [-0.3, -0.25) is 13.9 Å². The van der Waals surface area contributed by atoms with Crippen LogP contribution in [-0.2, 0) is 17.8 Å². The van der Waals surface area contributed by atoms with E-state index in [1.54, 1.807) is 13.8 Å². The fourth-order valence-corrected chi connectivity index (χ4v) is 1.65. The molecule has 0 radical (unpaired) electrons. The first-order valence-corrected chi connectivity index (χ1v) is 6.08. The van der Waals surface area contributed by atoms with Gasteiger partial charge in [-0.2, -0.15) is 0 Å². The van der Waals surface area contributed by atoms with Crippen molar-refractivity contribution in [1.82, 2.24) is 9.13 Å². The van der Waals surface area contributed by atoms with Crippen molar-refractivity contribution in [2.45, 2.75) is 40.3 Å². The van der Waals surface area contributed by atoms with Gasteiger partial charge in [0, 0.05) is 19.3 Å². The topological polar surface area (TPSA) is 70.3 Å². The summed E-state index contributed by atoms with van der Waals surface area (Å²) in [5.74, 6) is -0.686. The molecule has 0 unspecified atom stereocenters. The molecule has 0 saturated carbocycles. The van der Waals surface area contributed by atoms with Crippen LogP contribution in [0, 0.1) is 0 Å². The summed E-state index contributed by atoms with van der Waals surface area (Å²) in [6.07, 6.45) is 1.92. The van der Waals surface area contributed by atoms with E-state index < -0.39 is 17.2 Å². The third-order valence-corrected chi connectivity index (χ3v) is 2.52. The monoisotopic (exact) mass is 254 g/mol. The van der Waals surface area contributed by atoms with Crippen LogP contribution in [0.2, 0.25) is 0 Å². The third kappa shape index (κ3) is 2.69. The Hall–Kier alpha value is -1.85. The SMILES string of the molecule is CCCn1c(=O)c(C(=O)OCC)cn(CC)c1=O. The van der Waals surface area contributed by atoms with Crippen LogP contribution in [0.25, 0.3) is 0 Å². The second kappa shape index (κ2) is 6.18. The number of carbonyl (C=O) groups excluding carboxylic acids is 1. The molecule has 0 fully saturated rings. The molecule has 1 heterocycles. The fourth-order valence-electron chi connectivity index (χ4n) is 1.65. The molecule has 0 aliphatic heterocycles. The average molecular weight is 254 g/mol. The second-order valence-electron chi connectivity index (χ2n) is 3.79. The van der Waals surface area contributed by atoms with Crippen LogP contribution in [0.1, 0.15) is 37.6 Å². The highest BCUT2D eigenvalue weighted by Gasteiger charge is 2.17.